The van der Waals surface area contributed by atoms with Crippen LogP contribution in [-0.2, 0) is 0 Å². The number of benzene rings is 1. The fourth-order valence-electron chi connectivity index (χ4n) is 1.90. The van der Waals surface area contributed by atoms with Gasteiger partial charge in [0.2, 0.25) is 0 Å². The molecular weight excluding hydrogens is 262 g/mol. The number of hydrogen-bond acceptors (Lipinski definition) is 3. The van der Waals surface area contributed by atoms with Crippen LogP contribution in [0.3, 0.4) is 0 Å². The van der Waals surface area contributed by atoms with Crippen LogP contribution in [0.4, 0.5) is 8.78 Å². The molecule has 0 spiro atoms. The van der Waals surface area contributed by atoms with Crippen LogP contribution in [0.15, 0.2) is 36.5 Å². The molecule has 1 N–H and O–H groups in total. The van der Waals surface area contributed by atoms with Crippen LogP contribution in [0.25, 0.3) is 0 Å². The predicted molar refractivity (Wildman–Crippen MR) is 72.8 cm³/mol. The number of rotatable bonds is 5. The summed E-state index contributed by atoms with van der Waals surface area (Å²) >= 11 is 0. The summed E-state index contributed by atoms with van der Waals surface area (Å²) in [6.07, 6.45) is 2.44. The highest BCUT2D eigenvalue weighted by molar-refractivity contribution is 5.31. The van der Waals surface area contributed by atoms with E-state index in [-0.39, 0.29) is 11.8 Å². The first kappa shape index (κ1) is 14.4. The van der Waals surface area contributed by atoms with Gasteiger partial charge in [-0.3, -0.25) is 4.98 Å². The molecule has 2 rings (SSSR count). The molecule has 0 amide bonds. The van der Waals surface area contributed by atoms with Crippen molar-refractivity contribution in [3.8, 4) is 11.5 Å². The molecule has 106 valence electrons. The summed E-state index contributed by atoms with van der Waals surface area (Å²) in [6, 6.07) is 6.89. The maximum Gasteiger partial charge on any atom is 0.168 e. The van der Waals surface area contributed by atoms with E-state index in [1.807, 2.05) is 13.1 Å². The zero-order valence-electron chi connectivity index (χ0n) is 11.4. The Labute approximate surface area is 116 Å². The highest BCUT2D eigenvalue weighted by Gasteiger charge is 2.09. The van der Waals surface area contributed by atoms with Crippen LogP contribution in [0.1, 0.15) is 25.1 Å². The number of nitrogens with zero attached hydrogens (tertiary/aromatic N) is 1. The first-order chi connectivity index (χ1) is 9.63. The molecule has 2 aromatic rings. The smallest absolute Gasteiger partial charge is 0.168 e. The van der Waals surface area contributed by atoms with Crippen molar-refractivity contribution in [2.24, 2.45) is 0 Å². The molecule has 0 radical (unpaired) electrons. The fourth-order valence-corrected chi connectivity index (χ4v) is 1.90. The molecule has 0 aliphatic rings. The van der Waals surface area contributed by atoms with Gasteiger partial charge in [0.1, 0.15) is 11.6 Å². The predicted octanol–water partition coefficient (Wildman–Crippen LogP) is 3.82. The van der Waals surface area contributed by atoms with E-state index in [2.05, 4.69) is 17.2 Å². The highest BCUT2D eigenvalue weighted by Crippen LogP contribution is 2.25. The summed E-state index contributed by atoms with van der Waals surface area (Å²) in [5, 5.41) is 3.15. The number of pyridine rings is 1. The quantitative estimate of drug-likeness (QED) is 0.902. The third-order valence-corrected chi connectivity index (χ3v) is 2.99. The van der Waals surface area contributed by atoms with Gasteiger partial charge < -0.3 is 10.1 Å². The van der Waals surface area contributed by atoms with Gasteiger partial charge in [-0.25, -0.2) is 8.78 Å². The Hall–Kier alpha value is -2.01. The maximum atomic E-state index is 13.5. The van der Waals surface area contributed by atoms with Crippen LogP contribution in [0.2, 0.25) is 0 Å². The SMILES string of the molecule is CCC(NC)c1ccc(Oc2ccc(F)cc2F)cn1. The maximum absolute atomic E-state index is 13.5. The second kappa shape index (κ2) is 6.43. The van der Waals surface area contributed by atoms with E-state index in [1.165, 1.54) is 12.3 Å². The van der Waals surface area contributed by atoms with Gasteiger partial charge in [-0.1, -0.05) is 6.92 Å². The van der Waals surface area contributed by atoms with E-state index < -0.39 is 11.6 Å². The van der Waals surface area contributed by atoms with Gasteiger partial charge in [-0.05, 0) is 37.7 Å². The van der Waals surface area contributed by atoms with E-state index in [9.17, 15) is 8.78 Å². The van der Waals surface area contributed by atoms with Gasteiger partial charge in [0.25, 0.3) is 0 Å². The Balaban J connectivity index is 2.14. The number of aromatic nitrogens is 1. The van der Waals surface area contributed by atoms with Gasteiger partial charge in [-0.2, -0.15) is 0 Å². The Kier molecular flexibility index (Phi) is 4.63. The molecule has 0 aliphatic carbocycles. The summed E-state index contributed by atoms with van der Waals surface area (Å²) in [5.74, 6) is -0.995. The molecule has 0 bridgehead atoms. The molecule has 0 saturated heterocycles. The van der Waals surface area contributed by atoms with Crippen molar-refractivity contribution in [3.63, 3.8) is 0 Å². The molecule has 5 heteroatoms. The van der Waals surface area contributed by atoms with Crippen LogP contribution >= 0.6 is 0 Å². The van der Waals surface area contributed by atoms with E-state index in [4.69, 9.17) is 4.74 Å². The standard InChI is InChI=1S/C15H16F2N2O/c1-3-13(18-2)14-6-5-11(9-19-14)20-15-7-4-10(16)8-12(15)17/h4-9,13,18H,3H2,1-2H3. The van der Waals surface area contributed by atoms with Crippen molar-refractivity contribution in [2.75, 3.05) is 7.05 Å². The summed E-state index contributed by atoms with van der Waals surface area (Å²) in [5.41, 5.74) is 0.891. The third-order valence-electron chi connectivity index (χ3n) is 2.99. The van der Waals surface area contributed by atoms with Crippen LogP contribution < -0.4 is 10.1 Å². The van der Waals surface area contributed by atoms with Gasteiger partial charge >= 0.3 is 0 Å². The lowest BCUT2D eigenvalue weighted by Crippen LogP contribution is -2.16. The molecule has 1 heterocycles. The van der Waals surface area contributed by atoms with Crippen molar-refractivity contribution in [1.29, 1.82) is 0 Å². The van der Waals surface area contributed by atoms with Gasteiger partial charge in [0, 0.05) is 12.1 Å². The Morgan fingerprint density at radius 2 is 2.05 bits per heavy atom. The first-order valence-corrected chi connectivity index (χ1v) is 6.40. The van der Waals surface area contributed by atoms with E-state index in [0.717, 1.165) is 24.2 Å². The zero-order chi connectivity index (χ0) is 14.5. The lowest BCUT2D eigenvalue weighted by atomic mass is 10.1. The topological polar surface area (TPSA) is 34.1 Å². The normalized spacial score (nSPS) is 12.2. The Morgan fingerprint density at radius 3 is 2.60 bits per heavy atom. The molecule has 0 aliphatic heterocycles. The molecule has 0 fully saturated rings. The minimum Gasteiger partial charge on any atom is -0.453 e. The molecule has 0 saturated carbocycles. The highest BCUT2D eigenvalue weighted by atomic mass is 19.1. The minimum absolute atomic E-state index is 0.0263. The minimum atomic E-state index is -0.740. The Bertz CT molecular complexity index is 569. The molecule has 1 aromatic heterocycles. The van der Waals surface area contributed by atoms with Crippen molar-refractivity contribution >= 4 is 0 Å². The van der Waals surface area contributed by atoms with E-state index in [0.29, 0.717) is 5.75 Å². The average Bonchev–Trinajstić information content (AvgIpc) is 2.45. The summed E-state index contributed by atoms with van der Waals surface area (Å²) in [6.45, 7) is 2.06. The Morgan fingerprint density at radius 1 is 1.25 bits per heavy atom. The number of ether oxygens (including phenoxy) is 1. The third kappa shape index (κ3) is 3.30. The van der Waals surface area contributed by atoms with Crippen molar-refractivity contribution in [3.05, 3.63) is 53.9 Å². The monoisotopic (exact) mass is 278 g/mol. The van der Waals surface area contributed by atoms with Crippen LogP contribution in [0, 0.1) is 11.6 Å². The number of nitrogens with one attached hydrogen (secondary N) is 1. The van der Waals surface area contributed by atoms with Crippen molar-refractivity contribution in [1.82, 2.24) is 10.3 Å². The van der Waals surface area contributed by atoms with E-state index >= 15 is 0 Å². The summed E-state index contributed by atoms with van der Waals surface area (Å²) in [7, 11) is 1.87. The van der Waals surface area contributed by atoms with Crippen molar-refractivity contribution < 1.29 is 13.5 Å². The average molecular weight is 278 g/mol. The van der Waals surface area contributed by atoms with Gasteiger partial charge in [-0.15, -0.1) is 0 Å². The molecule has 1 aromatic carbocycles. The van der Waals surface area contributed by atoms with E-state index in [1.54, 1.807) is 6.07 Å². The molecule has 20 heavy (non-hydrogen) atoms. The lowest BCUT2D eigenvalue weighted by molar-refractivity contribution is 0.435. The molecule has 1 atom stereocenters. The number of halogens is 2. The second-order valence-electron chi connectivity index (χ2n) is 4.35. The molecular formula is C15H16F2N2O. The van der Waals surface area contributed by atoms with Crippen LogP contribution in [-0.4, -0.2) is 12.0 Å². The molecule has 3 nitrogen and oxygen atoms in total. The van der Waals surface area contributed by atoms with Gasteiger partial charge in [0.15, 0.2) is 11.6 Å². The second-order valence-corrected chi connectivity index (χ2v) is 4.35. The van der Waals surface area contributed by atoms with Crippen molar-refractivity contribution in [2.45, 2.75) is 19.4 Å². The fraction of sp³-hybridized carbons (Fsp3) is 0.267. The largest absolute Gasteiger partial charge is 0.453 e. The summed E-state index contributed by atoms with van der Waals surface area (Å²) in [4.78, 5) is 4.28. The molecule has 1 unspecified atom stereocenters. The van der Waals surface area contributed by atoms with Crippen LogP contribution in [0.5, 0.6) is 11.5 Å². The zero-order valence-corrected chi connectivity index (χ0v) is 11.4. The number of hydrogen-bond donors (Lipinski definition) is 1. The van der Waals surface area contributed by atoms with Gasteiger partial charge in [0.05, 0.1) is 11.9 Å². The lowest BCUT2D eigenvalue weighted by Gasteiger charge is -2.13. The summed E-state index contributed by atoms with van der Waals surface area (Å²) < 4.78 is 31.6. The first-order valence-electron chi connectivity index (χ1n) is 6.40.